The highest BCUT2D eigenvalue weighted by molar-refractivity contribution is 6.59. The molecule has 0 aromatic rings. The highest BCUT2D eigenvalue weighted by atomic mass is 35.5. The first-order chi connectivity index (χ1) is 4.18. The number of halogens is 4. The second kappa shape index (κ2) is 7.96. The predicted molar refractivity (Wildman–Crippen MR) is 49.6 cm³/mol. The standard InChI is InChI=1S/C5H6Cl4.H3N/c6-3-1-2-4(7)5(8)9;/h1-3H2;1H3. The van der Waals surface area contributed by atoms with Crippen LogP contribution in [-0.4, -0.2) is 5.88 Å². The molecule has 0 saturated heterocycles. The van der Waals surface area contributed by atoms with Crippen molar-refractivity contribution in [3.8, 4) is 0 Å². The zero-order chi connectivity index (χ0) is 7.28. The van der Waals surface area contributed by atoms with Crippen molar-refractivity contribution in [2.45, 2.75) is 12.8 Å². The number of rotatable bonds is 3. The first-order valence-corrected chi connectivity index (χ1v) is 4.11. The fourth-order valence-corrected chi connectivity index (χ4v) is 0.773. The van der Waals surface area contributed by atoms with Crippen LogP contribution in [0, 0.1) is 0 Å². The topological polar surface area (TPSA) is 35.0 Å². The molecule has 5 heteroatoms. The van der Waals surface area contributed by atoms with E-state index in [-0.39, 0.29) is 10.6 Å². The van der Waals surface area contributed by atoms with Crippen LogP contribution in [-0.2, 0) is 0 Å². The second-order valence-electron chi connectivity index (χ2n) is 1.46. The molecular formula is C5H9Cl4N. The fourth-order valence-electron chi connectivity index (χ4n) is 0.317. The minimum Gasteiger partial charge on any atom is -0.344 e. The molecule has 0 rings (SSSR count). The van der Waals surface area contributed by atoms with Crippen LogP contribution in [0.15, 0.2) is 9.52 Å². The van der Waals surface area contributed by atoms with Gasteiger partial charge in [0.25, 0.3) is 0 Å². The lowest BCUT2D eigenvalue weighted by atomic mass is 10.3. The maximum Gasteiger partial charge on any atom is 0.121 e. The average Bonchev–Trinajstić information content (AvgIpc) is 1.82. The molecule has 62 valence electrons. The van der Waals surface area contributed by atoms with Gasteiger partial charge in [0.2, 0.25) is 0 Å². The van der Waals surface area contributed by atoms with Crippen LogP contribution in [0.5, 0.6) is 0 Å². The summed E-state index contributed by atoms with van der Waals surface area (Å²) in [6.45, 7) is 0. The summed E-state index contributed by atoms with van der Waals surface area (Å²) in [4.78, 5) is 0. The van der Waals surface area contributed by atoms with Crippen molar-refractivity contribution in [3.05, 3.63) is 9.52 Å². The molecular weight excluding hydrogens is 216 g/mol. The summed E-state index contributed by atoms with van der Waals surface area (Å²) in [5.74, 6) is 0.581. The molecule has 10 heavy (non-hydrogen) atoms. The van der Waals surface area contributed by atoms with Gasteiger partial charge < -0.3 is 6.15 Å². The molecule has 0 amide bonds. The Morgan fingerprint density at radius 2 is 1.60 bits per heavy atom. The highest BCUT2D eigenvalue weighted by Crippen LogP contribution is 2.21. The summed E-state index contributed by atoms with van der Waals surface area (Å²) in [6.07, 6.45) is 1.47. The summed E-state index contributed by atoms with van der Waals surface area (Å²) in [6, 6.07) is 0. The molecule has 0 unspecified atom stereocenters. The predicted octanol–water partition coefficient (Wildman–Crippen LogP) is 4.05. The van der Waals surface area contributed by atoms with Crippen LogP contribution in [0.25, 0.3) is 0 Å². The van der Waals surface area contributed by atoms with E-state index in [1.54, 1.807) is 0 Å². The van der Waals surface area contributed by atoms with Crippen molar-refractivity contribution < 1.29 is 0 Å². The molecule has 0 bridgehead atoms. The minimum absolute atomic E-state index is 0. The SMILES string of the molecule is ClCCCC(Cl)=C(Cl)Cl.N. The summed E-state index contributed by atoms with van der Waals surface area (Å²) >= 11 is 21.6. The number of allylic oxidation sites excluding steroid dienone is 1. The summed E-state index contributed by atoms with van der Waals surface area (Å²) < 4.78 is 0.141. The van der Waals surface area contributed by atoms with Gasteiger partial charge in [0, 0.05) is 10.9 Å². The van der Waals surface area contributed by atoms with Crippen LogP contribution in [0.3, 0.4) is 0 Å². The Hall–Kier alpha value is 0.860. The molecule has 0 saturated carbocycles. The van der Waals surface area contributed by atoms with Crippen LogP contribution in [0.1, 0.15) is 12.8 Å². The molecule has 0 aromatic carbocycles. The van der Waals surface area contributed by atoms with E-state index in [0.717, 1.165) is 6.42 Å². The van der Waals surface area contributed by atoms with E-state index in [2.05, 4.69) is 0 Å². The zero-order valence-electron chi connectivity index (χ0n) is 5.34. The van der Waals surface area contributed by atoms with Gasteiger partial charge in [-0.05, 0) is 12.8 Å². The summed E-state index contributed by atoms with van der Waals surface area (Å²) in [5.41, 5.74) is 0. The van der Waals surface area contributed by atoms with E-state index >= 15 is 0 Å². The van der Waals surface area contributed by atoms with Crippen LogP contribution >= 0.6 is 46.4 Å². The van der Waals surface area contributed by atoms with Crippen molar-refractivity contribution >= 4 is 46.4 Å². The van der Waals surface area contributed by atoms with Crippen molar-refractivity contribution in [1.29, 1.82) is 0 Å². The molecule has 0 fully saturated rings. The van der Waals surface area contributed by atoms with Gasteiger partial charge in [0.15, 0.2) is 0 Å². The number of hydrogen-bond donors (Lipinski definition) is 1. The number of hydrogen-bond acceptors (Lipinski definition) is 1. The van der Waals surface area contributed by atoms with E-state index in [1.807, 2.05) is 0 Å². The lowest BCUT2D eigenvalue weighted by Crippen LogP contribution is -1.76. The van der Waals surface area contributed by atoms with Gasteiger partial charge in [-0.25, -0.2) is 0 Å². The van der Waals surface area contributed by atoms with E-state index in [4.69, 9.17) is 46.4 Å². The molecule has 0 aliphatic carbocycles. The van der Waals surface area contributed by atoms with Gasteiger partial charge in [0.1, 0.15) is 4.49 Å². The molecule has 0 atom stereocenters. The van der Waals surface area contributed by atoms with Crippen LogP contribution in [0.4, 0.5) is 0 Å². The Morgan fingerprint density at radius 1 is 1.10 bits per heavy atom. The normalized spacial score (nSPS) is 8.40. The molecule has 0 aliphatic heterocycles. The van der Waals surface area contributed by atoms with Crippen molar-refractivity contribution in [2.75, 3.05) is 5.88 Å². The maximum atomic E-state index is 5.55. The first-order valence-electron chi connectivity index (χ1n) is 2.44. The van der Waals surface area contributed by atoms with Crippen molar-refractivity contribution in [2.24, 2.45) is 0 Å². The molecule has 1 nitrogen and oxygen atoms in total. The average molecular weight is 225 g/mol. The summed E-state index contributed by atoms with van der Waals surface area (Å²) in [5, 5.41) is 0.485. The third-order valence-electron chi connectivity index (χ3n) is 0.735. The molecule has 0 spiro atoms. The molecule has 0 aliphatic rings. The number of alkyl halides is 1. The van der Waals surface area contributed by atoms with Gasteiger partial charge in [-0.3, -0.25) is 0 Å². The molecule has 3 N–H and O–H groups in total. The third kappa shape index (κ3) is 6.97. The lowest BCUT2D eigenvalue weighted by molar-refractivity contribution is 0.952. The monoisotopic (exact) mass is 223 g/mol. The van der Waals surface area contributed by atoms with Crippen molar-refractivity contribution in [1.82, 2.24) is 6.15 Å². The van der Waals surface area contributed by atoms with Crippen molar-refractivity contribution in [3.63, 3.8) is 0 Å². The third-order valence-corrected chi connectivity index (χ3v) is 2.03. The smallest absolute Gasteiger partial charge is 0.121 e. The summed E-state index contributed by atoms with van der Waals surface area (Å²) in [7, 11) is 0. The Bertz CT molecular complexity index is 108. The Kier molecular flexibility index (Phi) is 10.7. The zero-order valence-corrected chi connectivity index (χ0v) is 8.36. The molecule has 0 aromatic heterocycles. The van der Waals surface area contributed by atoms with Gasteiger partial charge in [-0.2, -0.15) is 0 Å². The van der Waals surface area contributed by atoms with Crippen LogP contribution in [0.2, 0.25) is 0 Å². The molecule has 0 heterocycles. The quantitative estimate of drug-likeness (QED) is 0.722. The Balaban J connectivity index is 0. The van der Waals surface area contributed by atoms with E-state index < -0.39 is 0 Å². The first kappa shape index (κ1) is 13.4. The highest BCUT2D eigenvalue weighted by Gasteiger charge is 1.96. The molecule has 0 radical (unpaired) electrons. The van der Waals surface area contributed by atoms with Crippen LogP contribution < -0.4 is 6.15 Å². The van der Waals surface area contributed by atoms with E-state index in [9.17, 15) is 0 Å². The second-order valence-corrected chi connectivity index (χ2v) is 3.24. The van der Waals surface area contributed by atoms with Gasteiger partial charge in [0.05, 0.1) is 0 Å². The van der Waals surface area contributed by atoms with Gasteiger partial charge in [-0.15, -0.1) is 11.6 Å². The van der Waals surface area contributed by atoms with Gasteiger partial charge in [-0.1, -0.05) is 34.8 Å². The largest absolute Gasteiger partial charge is 0.344 e. The van der Waals surface area contributed by atoms with Gasteiger partial charge >= 0.3 is 0 Å². The Morgan fingerprint density at radius 3 is 1.90 bits per heavy atom. The minimum atomic E-state index is 0. The van der Waals surface area contributed by atoms with E-state index in [0.29, 0.717) is 17.3 Å². The fraction of sp³-hybridized carbons (Fsp3) is 0.600. The van der Waals surface area contributed by atoms with E-state index in [1.165, 1.54) is 0 Å². The lowest BCUT2D eigenvalue weighted by Gasteiger charge is -1.93. The Labute approximate surface area is 80.9 Å². The maximum absolute atomic E-state index is 5.55.